The lowest BCUT2D eigenvalue weighted by Crippen LogP contribution is -2.31. The van der Waals surface area contributed by atoms with E-state index in [2.05, 4.69) is 32.6 Å². The third kappa shape index (κ3) is 5.39. The maximum Gasteiger partial charge on any atom is 0.254 e. The molecule has 176 valence electrons. The molecule has 1 amide bonds. The molecule has 0 radical (unpaired) electrons. The molecule has 2 heterocycles. The molecule has 0 aliphatic carbocycles. The largest absolute Gasteiger partial charge is 0.468 e. The Kier molecular flexibility index (Phi) is 7.54. The topological polar surface area (TPSA) is 95.1 Å². The predicted molar refractivity (Wildman–Crippen MR) is 136 cm³/mol. The Balaban J connectivity index is 1.64. The van der Waals surface area contributed by atoms with Crippen LogP contribution in [-0.2, 0) is 4.79 Å². The number of thioether (sulfide) groups is 1. The Hall–Kier alpha value is -3.61. The van der Waals surface area contributed by atoms with E-state index < -0.39 is 17.6 Å². The smallest absolute Gasteiger partial charge is 0.254 e. The lowest BCUT2D eigenvalue weighted by molar-refractivity contribution is -0.113. The van der Waals surface area contributed by atoms with Crippen molar-refractivity contribution in [1.29, 1.82) is 5.26 Å². The van der Waals surface area contributed by atoms with Gasteiger partial charge in [-0.3, -0.25) is 9.59 Å². The highest BCUT2D eigenvalue weighted by Crippen LogP contribution is 2.41. The van der Waals surface area contributed by atoms with E-state index in [4.69, 9.17) is 4.42 Å². The Labute approximate surface area is 214 Å². The van der Waals surface area contributed by atoms with Crippen LogP contribution in [-0.4, -0.2) is 17.4 Å². The van der Waals surface area contributed by atoms with Crippen LogP contribution >= 0.6 is 27.7 Å². The average Bonchev–Trinajstić information content (AvgIpc) is 3.38. The molecule has 0 fully saturated rings. The Morgan fingerprint density at radius 3 is 2.57 bits per heavy atom. The standard InChI is InChI=1S/C26H19BrFN3O3S/c1-15-23(25(33)31-20-6-3-2-5-19(20)28)24(22-7-4-12-34-22)18(13-29)26(30-15)35-14-21(32)16-8-10-17(27)11-9-16/h2-12,24,30H,14H2,1H3,(H,31,33)/t24-/m1/s1. The number of amides is 1. The molecule has 0 unspecified atom stereocenters. The van der Waals surface area contributed by atoms with E-state index in [0.29, 0.717) is 22.0 Å². The summed E-state index contributed by atoms with van der Waals surface area (Å²) in [4.78, 5) is 26.0. The third-order valence-electron chi connectivity index (χ3n) is 5.36. The zero-order valence-corrected chi connectivity index (χ0v) is 20.9. The van der Waals surface area contributed by atoms with Crippen LogP contribution in [0.4, 0.5) is 10.1 Å². The number of hydrogen-bond donors (Lipinski definition) is 2. The SMILES string of the molecule is CC1=C(C(=O)Nc2ccccc2F)[C@@H](c2ccco2)C(C#N)=C(SCC(=O)c2ccc(Br)cc2)N1. The van der Waals surface area contributed by atoms with Crippen molar-refractivity contribution in [2.24, 2.45) is 0 Å². The van der Waals surface area contributed by atoms with Gasteiger partial charge in [0.1, 0.15) is 11.6 Å². The first kappa shape index (κ1) is 24.5. The fraction of sp³-hybridized carbons (Fsp3) is 0.115. The summed E-state index contributed by atoms with van der Waals surface area (Å²) >= 11 is 4.53. The van der Waals surface area contributed by atoms with Gasteiger partial charge in [-0.15, -0.1) is 0 Å². The number of para-hydroxylation sites is 1. The molecule has 3 aromatic rings. The summed E-state index contributed by atoms with van der Waals surface area (Å²) in [6.45, 7) is 1.69. The second-order valence-corrected chi connectivity index (χ2v) is 9.52. The van der Waals surface area contributed by atoms with E-state index >= 15 is 0 Å². The number of furan rings is 1. The minimum Gasteiger partial charge on any atom is -0.468 e. The first-order valence-corrected chi connectivity index (χ1v) is 12.3. The number of benzene rings is 2. The molecule has 35 heavy (non-hydrogen) atoms. The van der Waals surface area contributed by atoms with Crippen LogP contribution in [0, 0.1) is 17.1 Å². The van der Waals surface area contributed by atoms with Crippen molar-refractivity contribution in [2.75, 3.05) is 11.1 Å². The highest BCUT2D eigenvalue weighted by molar-refractivity contribution is 9.10. The van der Waals surface area contributed by atoms with Gasteiger partial charge < -0.3 is 15.1 Å². The predicted octanol–water partition coefficient (Wildman–Crippen LogP) is 6.13. The summed E-state index contributed by atoms with van der Waals surface area (Å²) in [5.41, 5.74) is 1.51. The molecular formula is C26H19BrFN3O3S. The summed E-state index contributed by atoms with van der Waals surface area (Å²) < 4.78 is 20.6. The van der Waals surface area contributed by atoms with E-state index in [-0.39, 0.29) is 28.4 Å². The minimum absolute atomic E-state index is 0.0266. The zero-order valence-electron chi connectivity index (χ0n) is 18.5. The van der Waals surface area contributed by atoms with Gasteiger partial charge in [0, 0.05) is 15.7 Å². The Morgan fingerprint density at radius 2 is 1.91 bits per heavy atom. The van der Waals surface area contributed by atoms with E-state index in [9.17, 15) is 19.2 Å². The molecule has 1 aliphatic heterocycles. The number of carbonyl (C=O) groups excluding carboxylic acids is 2. The van der Waals surface area contributed by atoms with E-state index in [1.165, 1.54) is 36.2 Å². The molecule has 2 N–H and O–H groups in total. The maximum atomic E-state index is 14.2. The van der Waals surface area contributed by atoms with Gasteiger partial charge in [0.05, 0.1) is 45.9 Å². The van der Waals surface area contributed by atoms with Gasteiger partial charge >= 0.3 is 0 Å². The Morgan fingerprint density at radius 1 is 1.17 bits per heavy atom. The molecule has 4 rings (SSSR count). The lowest BCUT2D eigenvalue weighted by Gasteiger charge is -2.28. The third-order valence-corrected chi connectivity index (χ3v) is 6.90. The fourth-order valence-electron chi connectivity index (χ4n) is 3.68. The second kappa shape index (κ2) is 10.8. The van der Waals surface area contributed by atoms with E-state index in [1.54, 1.807) is 49.4 Å². The first-order chi connectivity index (χ1) is 16.9. The van der Waals surface area contributed by atoms with Crippen LogP contribution in [0.15, 0.2) is 97.7 Å². The summed E-state index contributed by atoms with van der Waals surface area (Å²) in [6.07, 6.45) is 1.46. The summed E-state index contributed by atoms with van der Waals surface area (Å²) in [6, 6.07) is 18.4. The van der Waals surface area contributed by atoms with E-state index in [1.807, 2.05) is 0 Å². The van der Waals surface area contributed by atoms with Crippen LogP contribution in [0.2, 0.25) is 0 Å². The van der Waals surface area contributed by atoms with Crippen LogP contribution in [0.5, 0.6) is 0 Å². The van der Waals surface area contributed by atoms with Gasteiger partial charge in [0.15, 0.2) is 5.78 Å². The summed E-state index contributed by atoms with van der Waals surface area (Å²) in [7, 11) is 0. The summed E-state index contributed by atoms with van der Waals surface area (Å²) in [5, 5.41) is 16.2. The lowest BCUT2D eigenvalue weighted by atomic mass is 9.85. The number of ketones is 1. The monoisotopic (exact) mass is 551 g/mol. The second-order valence-electron chi connectivity index (χ2n) is 7.62. The summed E-state index contributed by atoms with van der Waals surface area (Å²) in [5.74, 6) is -1.59. The van der Waals surface area contributed by atoms with Crippen LogP contribution in [0.1, 0.15) is 29.0 Å². The number of Topliss-reactive ketones (excluding diaryl/α,β-unsaturated/α-hetero) is 1. The number of dihydropyridines is 1. The van der Waals surface area contributed by atoms with Crippen molar-refractivity contribution in [1.82, 2.24) is 5.32 Å². The quantitative estimate of drug-likeness (QED) is 0.343. The van der Waals surface area contributed by atoms with Gasteiger partial charge in [0.25, 0.3) is 5.91 Å². The van der Waals surface area contributed by atoms with Crippen molar-refractivity contribution >= 4 is 45.1 Å². The molecule has 1 aromatic heterocycles. The molecule has 6 nitrogen and oxygen atoms in total. The average molecular weight is 552 g/mol. The molecule has 9 heteroatoms. The molecule has 1 aliphatic rings. The Bertz CT molecular complexity index is 1380. The van der Waals surface area contributed by atoms with Crippen molar-refractivity contribution in [3.8, 4) is 6.07 Å². The normalized spacial score (nSPS) is 15.4. The number of halogens is 2. The molecule has 0 saturated heterocycles. The van der Waals surface area contributed by atoms with Gasteiger partial charge in [0.2, 0.25) is 0 Å². The molecule has 0 spiro atoms. The van der Waals surface area contributed by atoms with Crippen LogP contribution in [0.25, 0.3) is 0 Å². The number of rotatable bonds is 7. The maximum absolute atomic E-state index is 14.2. The number of nitriles is 1. The zero-order chi connectivity index (χ0) is 24.9. The number of nitrogens with one attached hydrogen (secondary N) is 2. The molecule has 0 saturated carbocycles. The first-order valence-electron chi connectivity index (χ1n) is 10.5. The van der Waals surface area contributed by atoms with E-state index in [0.717, 1.165) is 4.47 Å². The van der Waals surface area contributed by atoms with Gasteiger partial charge in [-0.25, -0.2) is 4.39 Å². The number of nitrogens with zero attached hydrogens (tertiary/aromatic N) is 1. The van der Waals surface area contributed by atoms with Gasteiger partial charge in [-0.1, -0.05) is 52.0 Å². The van der Waals surface area contributed by atoms with Gasteiger partial charge in [-0.05, 0) is 43.3 Å². The highest BCUT2D eigenvalue weighted by atomic mass is 79.9. The minimum atomic E-state index is -0.826. The van der Waals surface area contributed by atoms with Crippen molar-refractivity contribution < 1.29 is 18.4 Å². The van der Waals surface area contributed by atoms with Crippen LogP contribution in [0.3, 0.4) is 0 Å². The van der Waals surface area contributed by atoms with Crippen molar-refractivity contribution in [2.45, 2.75) is 12.8 Å². The highest BCUT2D eigenvalue weighted by Gasteiger charge is 2.36. The number of allylic oxidation sites excluding steroid dienone is 2. The van der Waals surface area contributed by atoms with Crippen molar-refractivity contribution in [3.63, 3.8) is 0 Å². The number of anilines is 1. The molecule has 0 bridgehead atoms. The van der Waals surface area contributed by atoms with Crippen molar-refractivity contribution in [3.05, 3.63) is 110 Å². The molecular weight excluding hydrogens is 533 g/mol. The molecule has 2 aromatic carbocycles. The number of hydrogen-bond acceptors (Lipinski definition) is 6. The van der Waals surface area contributed by atoms with Gasteiger partial charge in [-0.2, -0.15) is 5.26 Å². The van der Waals surface area contributed by atoms with Crippen LogP contribution < -0.4 is 10.6 Å². The molecule has 1 atom stereocenters. The number of carbonyl (C=O) groups is 2. The fourth-order valence-corrected chi connectivity index (χ4v) is 4.93.